The number of aryl methyl sites for hydroxylation is 1. The number of aliphatic hydroxyl groups excluding tert-OH is 1. The highest BCUT2D eigenvalue weighted by Gasteiger charge is 2.18. The lowest BCUT2D eigenvalue weighted by molar-refractivity contribution is 0.196. The fourth-order valence-electron chi connectivity index (χ4n) is 2.69. The molecule has 0 amide bonds. The Morgan fingerprint density at radius 2 is 1.50 bits per heavy atom. The van der Waals surface area contributed by atoms with Gasteiger partial charge in [0.15, 0.2) is 0 Å². The molecular weight excluding hydrogens is 248 g/mol. The first kappa shape index (κ1) is 13.2. The van der Waals surface area contributed by atoms with E-state index in [4.69, 9.17) is 5.73 Å². The first-order valence-corrected chi connectivity index (χ1v) is 6.98. The number of hydrogen-bond donors (Lipinski definition) is 2. The Kier molecular flexibility index (Phi) is 3.24. The summed E-state index contributed by atoms with van der Waals surface area (Å²) in [6.45, 7) is 2.70. The number of aliphatic hydroxyl groups is 1. The Labute approximate surface area is 118 Å². The second kappa shape index (κ2) is 4.93. The van der Waals surface area contributed by atoms with E-state index in [0.717, 1.165) is 13.0 Å². The summed E-state index contributed by atoms with van der Waals surface area (Å²) in [4.78, 5) is 0. The van der Waals surface area contributed by atoms with Crippen LogP contribution in [0.3, 0.4) is 0 Å². The van der Waals surface area contributed by atoms with Crippen molar-refractivity contribution in [1.82, 2.24) is 4.57 Å². The van der Waals surface area contributed by atoms with E-state index in [0.29, 0.717) is 0 Å². The molecule has 0 saturated heterocycles. The topological polar surface area (TPSA) is 51.2 Å². The van der Waals surface area contributed by atoms with Gasteiger partial charge in [-0.05, 0) is 25.5 Å². The Morgan fingerprint density at radius 3 is 2.00 bits per heavy atom. The van der Waals surface area contributed by atoms with Gasteiger partial charge in [0, 0.05) is 33.9 Å². The average molecular weight is 268 g/mol. The minimum absolute atomic E-state index is 0.00410. The molecule has 0 aliphatic rings. The van der Waals surface area contributed by atoms with Gasteiger partial charge in [0.25, 0.3) is 0 Å². The van der Waals surface area contributed by atoms with E-state index in [9.17, 15) is 5.11 Å². The monoisotopic (exact) mass is 268 g/mol. The molecule has 0 bridgehead atoms. The van der Waals surface area contributed by atoms with E-state index in [2.05, 4.69) is 53.1 Å². The van der Waals surface area contributed by atoms with Crippen molar-refractivity contribution in [3.63, 3.8) is 0 Å². The second-order valence-electron chi connectivity index (χ2n) is 5.75. The minimum atomic E-state index is -0.535. The molecule has 1 atom stereocenters. The largest absolute Gasteiger partial charge is 0.394 e. The van der Waals surface area contributed by atoms with Crippen LogP contribution >= 0.6 is 0 Å². The van der Waals surface area contributed by atoms with Gasteiger partial charge in [-0.25, -0.2) is 0 Å². The third kappa shape index (κ3) is 2.19. The highest BCUT2D eigenvalue weighted by atomic mass is 16.3. The molecule has 1 aromatic heterocycles. The highest BCUT2D eigenvalue weighted by molar-refractivity contribution is 6.07. The van der Waals surface area contributed by atoms with Crippen molar-refractivity contribution in [2.45, 2.75) is 25.4 Å². The SMILES string of the molecule is CC(N)(CO)CCn1c2ccccc2c2ccccc21. The van der Waals surface area contributed by atoms with Crippen molar-refractivity contribution in [3.8, 4) is 0 Å². The normalized spacial score (nSPS) is 14.8. The quantitative estimate of drug-likeness (QED) is 0.764. The summed E-state index contributed by atoms with van der Waals surface area (Å²) < 4.78 is 2.30. The van der Waals surface area contributed by atoms with Gasteiger partial charge in [0.2, 0.25) is 0 Å². The fraction of sp³-hybridized carbons (Fsp3) is 0.294. The molecule has 0 fully saturated rings. The summed E-state index contributed by atoms with van der Waals surface area (Å²) in [5.41, 5.74) is 7.97. The molecule has 104 valence electrons. The van der Waals surface area contributed by atoms with Gasteiger partial charge in [-0.3, -0.25) is 0 Å². The molecule has 0 spiro atoms. The van der Waals surface area contributed by atoms with Crippen LogP contribution < -0.4 is 5.73 Å². The number of para-hydroxylation sites is 2. The van der Waals surface area contributed by atoms with Crippen molar-refractivity contribution >= 4 is 21.8 Å². The first-order valence-electron chi connectivity index (χ1n) is 6.98. The molecule has 3 rings (SSSR count). The Balaban J connectivity index is 2.12. The number of hydrogen-bond acceptors (Lipinski definition) is 2. The molecule has 0 radical (unpaired) electrons. The van der Waals surface area contributed by atoms with Crippen LogP contribution in [0.5, 0.6) is 0 Å². The number of fused-ring (bicyclic) bond motifs is 3. The first-order chi connectivity index (χ1) is 9.62. The number of nitrogens with two attached hydrogens (primary N) is 1. The van der Waals surface area contributed by atoms with Crippen LogP contribution in [0.4, 0.5) is 0 Å². The van der Waals surface area contributed by atoms with Gasteiger partial charge < -0.3 is 15.4 Å². The maximum Gasteiger partial charge on any atom is 0.0609 e. The summed E-state index contributed by atoms with van der Waals surface area (Å²) in [7, 11) is 0. The minimum Gasteiger partial charge on any atom is -0.394 e. The van der Waals surface area contributed by atoms with Gasteiger partial charge in [0.1, 0.15) is 0 Å². The summed E-state index contributed by atoms with van der Waals surface area (Å²) in [5.74, 6) is 0. The molecule has 0 aliphatic heterocycles. The zero-order valence-corrected chi connectivity index (χ0v) is 11.7. The molecule has 1 unspecified atom stereocenters. The van der Waals surface area contributed by atoms with Crippen molar-refractivity contribution in [1.29, 1.82) is 0 Å². The summed E-state index contributed by atoms with van der Waals surface area (Å²) in [6.07, 6.45) is 0.742. The molecule has 20 heavy (non-hydrogen) atoms. The molecule has 0 aliphatic carbocycles. The molecule has 3 N–H and O–H groups in total. The molecule has 1 heterocycles. The zero-order chi connectivity index (χ0) is 14.2. The van der Waals surface area contributed by atoms with Gasteiger partial charge in [-0.15, -0.1) is 0 Å². The van der Waals surface area contributed by atoms with Crippen LogP contribution in [0.15, 0.2) is 48.5 Å². The third-order valence-electron chi connectivity index (χ3n) is 3.95. The van der Waals surface area contributed by atoms with Crippen LogP contribution in [-0.4, -0.2) is 21.8 Å². The molecule has 3 heteroatoms. The number of aromatic nitrogens is 1. The van der Waals surface area contributed by atoms with E-state index in [-0.39, 0.29) is 6.61 Å². The van der Waals surface area contributed by atoms with Crippen LogP contribution in [0.2, 0.25) is 0 Å². The van der Waals surface area contributed by atoms with E-state index in [1.807, 2.05) is 6.92 Å². The summed E-state index contributed by atoms with van der Waals surface area (Å²) in [5, 5.41) is 11.9. The Hall–Kier alpha value is -1.84. The number of benzene rings is 2. The predicted molar refractivity (Wildman–Crippen MR) is 83.7 cm³/mol. The highest BCUT2D eigenvalue weighted by Crippen LogP contribution is 2.29. The maximum absolute atomic E-state index is 9.31. The van der Waals surface area contributed by atoms with Crippen LogP contribution in [0, 0.1) is 0 Å². The predicted octanol–water partition coefficient (Wildman–Crippen LogP) is 2.89. The van der Waals surface area contributed by atoms with Crippen molar-refractivity contribution < 1.29 is 5.11 Å². The lowest BCUT2D eigenvalue weighted by Crippen LogP contribution is -2.41. The molecule has 3 nitrogen and oxygen atoms in total. The van der Waals surface area contributed by atoms with Crippen molar-refractivity contribution in [2.75, 3.05) is 6.61 Å². The van der Waals surface area contributed by atoms with Crippen molar-refractivity contribution in [3.05, 3.63) is 48.5 Å². The molecular formula is C17H20N2O. The van der Waals surface area contributed by atoms with Crippen molar-refractivity contribution in [2.24, 2.45) is 5.73 Å². The molecule has 3 aromatic rings. The second-order valence-corrected chi connectivity index (χ2v) is 5.75. The molecule has 2 aromatic carbocycles. The summed E-state index contributed by atoms with van der Waals surface area (Å²) in [6, 6.07) is 16.9. The number of nitrogens with zero attached hydrogens (tertiary/aromatic N) is 1. The van der Waals surface area contributed by atoms with Gasteiger partial charge in [-0.1, -0.05) is 36.4 Å². The van der Waals surface area contributed by atoms with Crippen LogP contribution in [0.1, 0.15) is 13.3 Å². The Bertz CT molecular complexity index is 690. The van der Waals surface area contributed by atoms with Gasteiger partial charge >= 0.3 is 0 Å². The van der Waals surface area contributed by atoms with E-state index < -0.39 is 5.54 Å². The lowest BCUT2D eigenvalue weighted by Gasteiger charge is -2.22. The Morgan fingerprint density at radius 1 is 1.00 bits per heavy atom. The fourth-order valence-corrected chi connectivity index (χ4v) is 2.69. The molecule has 0 saturated carbocycles. The standard InChI is InChI=1S/C17H20N2O/c1-17(18,12-20)10-11-19-15-8-4-2-6-13(15)14-7-3-5-9-16(14)19/h2-9,20H,10-12,18H2,1H3. The number of rotatable bonds is 4. The van der Waals surface area contributed by atoms with Crippen LogP contribution in [0.25, 0.3) is 21.8 Å². The van der Waals surface area contributed by atoms with E-state index in [1.54, 1.807) is 0 Å². The van der Waals surface area contributed by atoms with Gasteiger partial charge in [0.05, 0.1) is 6.61 Å². The van der Waals surface area contributed by atoms with E-state index >= 15 is 0 Å². The zero-order valence-electron chi connectivity index (χ0n) is 11.7. The van der Waals surface area contributed by atoms with Gasteiger partial charge in [-0.2, -0.15) is 0 Å². The summed E-state index contributed by atoms with van der Waals surface area (Å²) >= 11 is 0. The smallest absolute Gasteiger partial charge is 0.0609 e. The third-order valence-corrected chi connectivity index (χ3v) is 3.95. The average Bonchev–Trinajstić information content (AvgIpc) is 2.80. The van der Waals surface area contributed by atoms with E-state index in [1.165, 1.54) is 21.8 Å². The van der Waals surface area contributed by atoms with Crippen LogP contribution in [-0.2, 0) is 6.54 Å². The lowest BCUT2D eigenvalue weighted by atomic mass is 10.0. The maximum atomic E-state index is 9.31.